The molecule has 5 rings (SSSR count). The van der Waals surface area contributed by atoms with Crippen LogP contribution in [0.1, 0.15) is 41.5 Å². The molecule has 4 nitrogen and oxygen atoms in total. The minimum atomic E-state index is -0.969. The zero-order chi connectivity index (χ0) is 23.7. The maximum Gasteiger partial charge on any atom is 0.328 e. The Morgan fingerprint density at radius 3 is 2.47 bits per heavy atom. The highest BCUT2D eigenvalue weighted by atomic mass is 35.5. The molecule has 2 aromatic carbocycles. The van der Waals surface area contributed by atoms with Gasteiger partial charge in [0.15, 0.2) is 0 Å². The van der Waals surface area contributed by atoms with E-state index in [0.29, 0.717) is 16.0 Å². The van der Waals surface area contributed by atoms with Crippen LogP contribution in [0.5, 0.6) is 0 Å². The number of benzene rings is 2. The predicted molar refractivity (Wildman–Crippen MR) is 138 cm³/mol. The monoisotopic (exact) mass is 488 g/mol. The van der Waals surface area contributed by atoms with Gasteiger partial charge in [0.05, 0.1) is 0 Å². The molecule has 0 spiro atoms. The largest absolute Gasteiger partial charge is 0.478 e. The summed E-state index contributed by atoms with van der Waals surface area (Å²) < 4.78 is 2.02. The number of pyridine rings is 1. The fraction of sp³-hybridized carbons (Fsp3) is 0.143. The Hall–Kier alpha value is -3.34. The van der Waals surface area contributed by atoms with Crippen molar-refractivity contribution in [2.24, 2.45) is 5.92 Å². The summed E-state index contributed by atoms with van der Waals surface area (Å²) in [5.41, 5.74) is 7.12. The molecule has 1 N–H and O–H groups in total. The van der Waals surface area contributed by atoms with Gasteiger partial charge in [-0.05, 0) is 82.5 Å². The lowest BCUT2D eigenvalue weighted by atomic mass is 9.73. The summed E-state index contributed by atoms with van der Waals surface area (Å²) in [5, 5.41) is 10.2. The zero-order valence-electron chi connectivity index (χ0n) is 18.3. The summed E-state index contributed by atoms with van der Waals surface area (Å²) in [6, 6.07) is 17.8. The fourth-order valence-corrected chi connectivity index (χ4v) is 4.95. The number of hydrogen-bond donors (Lipinski definition) is 1. The molecule has 1 fully saturated rings. The van der Waals surface area contributed by atoms with Crippen molar-refractivity contribution in [2.75, 3.05) is 0 Å². The second-order valence-corrected chi connectivity index (χ2v) is 9.29. The molecule has 34 heavy (non-hydrogen) atoms. The number of hydrogen-bond acceptors (Lipinski definition) is 2. The Kier molecular flexibility index (Phi) is 6.27. The number of nitrogens with zero attached hydrogens (tertiary/aromatic N) is 2. The van der Waals surface area contributed by atoms with Crippen molar-refractivity contribution in [1.82, 2.24) is 9.38 Å². The van der Waals surface area contributed by atoms with Gasteiger partial charge in [-0.2, -0.15) is 0 Å². The molecule has 2 heterocycles. The van der Waals surface area contributed by atoms with E-state index in [1.54, 1.807) is 18.3 Å². The van der Waals surface area contributed by atoms with Gasteiger partial charge in [-0.1, -0.05) is 60.0 Å². The van der Waals surface area contributed by atoms with Gasteiger partial charge in [0.1, 0.15) is 5.65 Å². The second kappa shape index (κ2) is 9.49. The molecule has 0 radical (unpaired) electrons. The lowest BCUT2D eigenvalue weighted by molar-refractivity contribution is -0.131. The van der Waals surface area contributed by atoms with Crippen molar-refractivity contribution in [3.05, 3.63) is 112 Å². The molecule has 0 bridgehead atoms. The Morgan fingerprint density at radius 2 is 1.79 bits per heavy atom. The second-order valence-electron chi connectivity index (χ2n) is 8.44. The highest BCUT2D eigenvalue weighted by molar-refractivity contribution is 6.36. The Bertz CT molecular complexity index is 1430. The zero-order valence-corrected chi connectivity index (χ0v) is 19.8. The number of carbonyl (C=O) groups is 1. The average Bonchev–Trinajstić information content (AvgIpc) is 3.25. The van der Waals surface area contributed by atoms with E-state index in [4.69, 9.17) is 28.3 Å². The van der Waals surface area contributed by atoms with Crippen LogP contribution >= 0.6 is 23.2 Å². The first-order valence-electron chi connectivity index (χ1n) is 11.1. The van der Waals surface area contributed by atoms with E-state index in [2.05, 4.69) is 17.2 Å². The van der Waals surface area contributed by atoms with E-state index in [1.165, 1.54) is 12.0 Å². The Labute approximate surface area is 207 Å². The average molecular weight is 489 g/mol. The summed E-state index contributed by atoms with van der Waals surface area (Å²) in [6.07, 6.45) is 11.9. The van der Waals surface area contributed by atoms with E-state index < -0.39 is 5.97 Å². The predicted octanol–water partition coefficient (Wildman–Crippen LogP) is 7.50. The molecule has 0 saturated heterocycles. The van der Waals surface area contributed by atoms with E-state index in [9.17, 15) is 4.79 Å². The molecule has 1 saturated carbocycles. The van der Waals surface area contributed by atoms with Crippen LogP contribution in [-0.2, 0) is 4.79 Å². The van der Waals surface area contributed by atoms with Crippen LogP contribution in [0.4, 0.5) is 0 Å². The highest BCUT2D eigenvalue weighted by Crippen LogP contribution is 2.47. The molecule has 0 amide bonds. The number of aliphatic carboxylic acids is 1. The number of aromatic nitrogens is 2. The number of rotatable bonds is 6. The summed E-state index contributed by atoms with van der Waals surface area (Å²) >= 11 is 13.0. The third kappa shape index (κ3) is 4.52. The molecule has 1 aliphatic rings. The van der Waals surface area contributed by atoms with Crippen LogP contribution in [0.3, 0.4) is 0 Å². The normalized spacial score (nSPS) is 14.9. The highest BCUT2D eigenvalue weighted by Gasteiger charge is 2.28. The summed E-state index contributed by atoms with van der Waals surface area (Å²) in [4.78, 5) is 15.3. The van der Waals surface area contributed by atoms with Crippen molar-refractivity contribution in [1.29, 1.82) is 0 Å². The molecule has 4 aromatic rings. The SMILES string of the molecule is O=C(O)/C=C/c1ccc(/C(=C(\c2ccc(Cl)cc2Cl)C2CCC2)c2ccc3nccn3c2)cc1. The Morgan fingerprint density at radius 1 is 1.03 bits per heavy atom. The summed E-state index contributed by atoms with van der Waals surface area (Å²) in [6.45, 7) is 0. The standard InChI is InChI=1S/C28H22Cl2N2O2/c29-22-10-11-23(24(30)16-22)28(19-2-1-3-19)27(21-9-12-25-31-14-15-32(25)17-21)20-7-4-18(5-8-20)6-13-26(33)34/h4-17,19H,1-3H2,(H,33,34)/b13-6+,28-27+. The lowest BCUT2D eigenvalue weighted by Gasteiger charge is -2.32. The van der Waals surface area contributed by atoms with Crippen LogP contribution < -0.4 is 0 Å². The molecule has 0 unspecified atom stereocenters. The van der Waals surface area contributed by atoms with E-state index >= 15 is 0 Å². The number of carboxylic acids is 1. The van der Waals surface area contributed by atoms with Crippen LogP contribution in [0, 0.1) is 5.92 Å². The fourth-order valence-electron chi connectivity index (χ4n) is 4.44. The van der Waals surface area contributed by atoms with Gasteiger partial charge >= 0.3 is 5.97 Å². The minimum absolute atomic E-state index is 0.388. The van der Waals surface area contributed by atoms with Crippen molar-refractivity contribution in [3.63, 3.8) is 0 Å². The third-order valence-corrected chi connectivity index (χ3v) is 6.85. The van der Waals surface area contributed by atoms with E-state index in [0.717, 1.165) is 52.4 Å². The number of allylic oxidation sites excluding steroid dienone is 1. The first-order chi connectivity index (χ1) is 16.5. The van der Waals surface area contributed by atoms with Gasteiger partial charge < -0.3 is 9.51 Å². The third-order valence-electron chi connectivity index (χ3n) is 6.30. The Balaban J connectivity index is 1.75. The van der Waals surface area contributed by atoms with Gasteiger partial charge in [0.2, 0.25) is 0 Å². The number of fused-ring (bicyclic) bond motifs is 1. The van der Waals surface area contributed by atoms with Crippen molar-refractivity contribution >= 4 is 52.0 Å². The van der Waals surface area contributed by atoms with Crippen LogP contribution in [0.25, 0.3) is 22.9 Å². The molecular weight excluding hydrogens is 467 g/mol. The minimum Gasteiger partial charge on any atom is -0.478 e. The van der Waals surface area contributed by atoms with Crippen molar-refractivity contribution < 1.29 is 9.90 Å². The molecule has 2 aromatic heterocycles. The molecule has 0 atom stereocenters. The quantitative estimate of drug-likeness (QED) is 0.225. The molecule has 1 aliphatic carbocycles. The van der Waals surface area contributed by atoms with Gasteiger partial charge in [-0.3, -0.25) is 0 Å². The van der Waals surface area contributed by atoms with Crippen LogP contribution in [-0.4, -0.2) is 20.5 Å². The van der Waals surface area contributed by atoms with Crippen LogP contribution in [0.15, 0.2) is 79.3 Å². The smallest absolute Gasteiger partial charge is 0.328 e. The van der Waals surface area contributed by atoms with Gasteiger partial charge in [-0.15, -0.1) is 0 Å². The summed E-state index contributed by atoms with van der Waals surface area (Å²) in [5.74, 6) is -0.582. The van der Waals surface area contributed by atoms with E-state index in [1.807, 2.05) is 53.1 Å². The van der Waals surface area contributed by atoms with Crippen LogP contribution in [0.2, 0.25) is 10.0 Å². The van der Waals surface area contributed by atoms with Gasteiger partial charge in [-0.25, -0.2) is 9.78 Å². The molecule has 0 aliphatic heterocycles. The van der Waals surface area contributed by atoms with Gasteiger partial charge in [0.25, 0.3) is 0 Å². The first kappa shape index (κ1) is 22.5. The topological polar surface area (TPSA) is 54.6 Å². The molecule has 170 valence electrons. The maximum atomic E-state index is 10.9. The molecule has 6 heteroatoms. The maximum absolute atomic E-state index is 10.9. The van der Waals surface area contributed by atoms with E-state index in [-0.39, 0.29) is 0 Å². The lowest BCUT2D eigenvalue weighted by Crippen LogP contribution is -2.15. The van der Waals surface area contributed by atoms with Crippen molar-refractivity contribution in [3.8, 4) is 0 Å². The number of carboxylic acid groups (broad SMARTS) is 1. The van der Waals surface area contributed by atoms with Gasteiger partial charge in [0, 0.05) is 34.7 Å². The molecular formula is C28H22Cl2N2O2. The van der Waals surface area contributed by atoms with Crippen molar-refractivity contribution in [2.45, 2.75) is 19.3 Å². The number of imidazole rings is 1. The summed E-state index contributed by atoms with van der Waals surface area (Å²) in [7, 11) is 0. The first-order valence-corrected chi connectivity index (χ1v) is 11.9. The number of halogens is 2.